The van der Waals surface area contributed by atoms with Crippen LogP contribution in [-0.4, -0.2) is 40.5 Å². The SMILES string of the molecule is CCCN(CC(=O)O)C(=O)C1(N)CC1. The van der Waals surface area contributed by atoms with Gasteiger partial charge in [-0.25, -0.2) is 0 Å². The van der Waals surface area contributed by atoms with Crippen LogP contribution in [0.5, 0.6) is 0 Å². The summed E-state index contributed by atoms with van der Waals surface area (Å²) in [7, 11) is 0. The van der Waals surface area contributed by atoms with Gasteiger partial charge < -0.3 is 15.7 Å². The third-order valence-electron chi connectivity index (χ3n) is 2.32. The van der Waals surface area contributed by atoms with Gasteiger partial charge in [0, 0.05) is 6.54 Å². The predicted octanol–water partition coefficient (Wildman–Crippen LogP) is -0.199. The van der Waals surface area contributed by atoms with Crippen LogP contribution in [0.2, 0.25) is 0 Å². The van der Waals surface area contributed by atoms with Crippen molar-refractivity contribution in [3.63, 3.8) is 0 Å². The van der Waals surface area contributed by atoms with E-state index >= 15 is 0 Å². The Morgan fingerprint density at radius 3 is 2.43 bits per heavy atom. The van der Waals surface area contributed by atoms with E-state index in [2.05, 4.69) is 0 Å². The van der Waals surface area contributed by atoms with Gasteiger partial charge in [0.2, 0.25) is 5.91 Å². The molecule has 1 saturated carbocycles. The molecule has 5 nitrogen and oxygen atoms in total. The van der Waals surface area contributed by atoms with Gasteiger partial charge in [0.1, 0.15) is 6.54 Å². The van der Waals surface area contributed by atoms with Gasteiger partial charge in [-0.1, -0.05) is 6.92 Å². The number of hydrogen-bond acceptors (Lipinski definition) is 3. The summed E-state index contributed by atoms with van der Waals surface area (Å²) in [6.45, 7) is 2.12. The van der Waals surface area contributed by atoms with Crippen molar-refractivity contribution in [2.75, 3.05) is 13.1 Å². The van der Waals surface area contributed by atoms with E-state index in [1.54, 1.807) is 0 Å². The smallest absolute Gasteiger partial charge is 0.323 e. The van der Waals surface area contributed by atoms with Crippen LogP contribution < -0.4 is 5.73 Å². The van der Waals surface area contributed by atoms with Crippen molar-refractivity contribution in [2.24, 2.45) is 5.73 Å². The lowest BCUT2D eigenvalue weighted by atomic mass is 10.2. The fourth-order valence-corrected chi connectivity index (χ4v) is 1.35. The topological polar surface area (TPSA) is 83.6 Å². The van der Waals surface area contributed by atoms with Crippen LogP contribution in [0.1, 0.15) is 26.2 Å². The molecule has 0 saturated heterocycles. The van der Waals surface area contributed by atoms with E-state index in [-0.39, 0.29) is 12.5 Å². The summed E-state index contributed by atoms with van der Waals surface area (Å²) < 4.78 is 0. The Bertz CT molecular complexity index is 248. The molecule has 0 aromatic heterocycles. The molecule has 0 atom stereocenters. The number of nitrogens with zero attached hydrogens (tertiary/aromatic N) is 1. The molecule has 14 heavy (non-hydrogen) atoms. The van der Waals surface area contributed by atoms with Crippen LogP contribution in [0.15, 0.2) is 0 Å². The molecule has 0 radical (unpaired) electrons. The number of aliphatic carboxylic acids is 1. The first kappa shape index (κ1) is 11.0. The van der Waals surface area contributed by atoms with Crippen LogP contribution in [-0.2, 0) is 9.59 Å². The van der Waals surface area contributed by atoms with Crippen molar-refractivity contribution >= 4 is 11.9 Å². The number of carbonyl (C=O) groups excluding carboxylic acids is 1. The highest BCUT2D eigenvalue weighted by molar-refractivity contribution is 5.91. The zero-order valence-corrected chi connectivity index (χ0v) is 8.32. The molecule has 1 fully saturated rings. The molecule has 0 aromatic carbocycles. The lowest BCUT2D eigenvalue weighted by Gasteiger charge is -2.23. The highest BCUT2D eigenvalue weighted by atomic mass is 16.4. The highest BCUT2D eigenvalue weighted by Crippen LogP contribution is 2.34. The minimum Gasteiger partial charge on any atom is -0.480 e. The molecule has 0 spiro atoms. The second-order valence-corrected chi connectivity index (χ2v) is 3.78. The number of carboxylic acid groups (broad SMARTS) is 1. The summed E-state index contributed by atoms with van der Waals surface area (Å²) in [6, 6.07) is 0. The van der Waals surface area contributed by atoms with Crippen LogP contribution in [0, 0.1) is 0 Å². The predicted molar refractivity (Wildman–Crippen MR) is 50.7 cm³/mol. The summed E-state index contributed by atoms with van der Waals surface area (Å²) in [4.78, 5) is 23.5. The van der Waals surface area contributed by atoms with E-state index in [1.807, 2.05) is 6.92 Å². The number of hydrogen-bond donors (Lipinski definition) is 2. The average molecular weight is 200 g/mol. The van der Waals surface area contributed by atoms with Gasteiger partial charge in [0.05, 0.1) is 5.54 Å². The number of rotatable bonds is 5. The van der Waals surface area contributed by atoms with Gasteiger partial charge in [-0.3, -0.25) is 9.59 Å². The number of carboxylic acids is 1. The normalized spacial score (nSPS) is 17.6. The first-order valence-electron chi connectivity index (χ1n) is 4.79. The molecule has 3 N–H and O–H groups in total. The van der Waals surface area contributed by atoms with E-state index in [0.717, 1.165) is 6.42 Å². The molecule has 0 aliphatic heterocycles. The van der Waals surface area contributed by atoms with E-state index in [9.17, 15) is 9.59 Å². The molecule has 0 bridgehead atoms. The van der Waals surface area contributed by atoms with E-state index in [4.69, 9.17) is 10.8 Å². The summed E-state index contributed by atoms with van der Waals surface area (Å²) >= 11 is 0. The van der Waals surface area contributed by atoms with Gasteiger partial charge >= 0.3 is 5.97 Å². The quantitative estimate of drug-likeness (QED) is 0.643. The summed E-state index contributed by atoms with van der Waals surface area (Å²) in [5.74, 6) is -1.21. The summed E-state index contributed by atoms with van der Waals surface area (Å²) in [5.41, 5.74) is 4.95. The Morgan fingerprint density at radius 1 is 1.50 bits per heavy atom. The van der Waals surface area contributed by atoms with Crippen LogP contribution in [0.4, 0.5) is 0 Å². The van der Waals surface area contributed by atoms with Crippen molar-refractivity contribution in [1.82, 2.24) is 4.90 Å². The van der Waals surface area contributed by atoms with Crippen molar-refractivity contribution in [1.29, 1.82) is 0 Å². The third-order valence-corrected chi connectivity index (χ3v) is 2.32. The molecular weight excluding hydrogens is 184 g/mol. The second kappa shape index (κ2) is 3.96. The molecular formula is C9H16N2O3. The molecule has 0 heterocycles. The maximum Gasteiger partial charge on any atom is 0.323 e. The lowest BCUT2D eigenvalue weighted by molar-refractivity contribution is -0.145. The van der Waals surface area contributed by atoms with Gasteiger partial charge in [-0.2, -0.15) is 0 Å². The van der Waals surface area contributed by atoms with Crippen LogP contribution >= 0.6 is 0 Å². The van der Waals surface area contributed by atoms with Gasteiger partial charge in [0.25, 0.3) is 0 Å². The fourth-order valence-electron chi connectivity index (χ4n) is 1.35. The Labute approximate surface area is 82.9 Å². The molecule has 1 amide bonds. The Kier molecular flexibility index (Phi) is 3.10. The minimum absolute atomic E-state index is 0.221. The minimum atomic E-state index is -0.990. The number of nitrogens with two attached hydrogens (primary N) is 1. The number of carbonyl (C=O) groups is 2. The maximum absolute atomic E-state index is 11.7. The van der Waals surface area contributed by atoms with E-state index in [1.165, 1.54) is 4.90 Å². The van der Waals surface area contributed by atoms with Crippen molar-refractivity contribution in [3.8, 4) is 0 Å². The average Bonchev–Trinajstić information content (AvgIpc) is 2.82. The van der Waals surface area contributed by atoms with E-state index in [0.29, 0.717) is 19.4 Å². The third kappa shape index (κ3) is 2.45. The maximum atomic E-state index is 11.7. The molecule has 1 aliphatic carbocycles. The van der Waals surface area contributed by atoms with Gasteiger partial charge in [-0.15, -0.1) is 0 Å². The standard InChI is InChI=1S/C9H16N2O3/c1-2-5-11(6-7(12)13)8(14)9(10)3-4-9/h2-6,10H2,1H3,(H,12,13). The van der Waals surface area contributed by atoms with Gasteiger partial charge in [0.15, 0.2) is 0 Å². The first-order valence-corrected chi connectivity index (χ1v) is 4.79. The van der Waals surface area contributed by atoms with Crippen molar-refractivity contribution < 1.29 is 14.7 Å². The Hall–Kier alpha value is -1.10. The number of amides is 1. The molecule has 1 rings (SSSR count). The fraction of sp³-hybridized carbons (Fsp3) is 0.778. The lowest BCUT2D eigenvalue weighted by Crippen LogP contribution is -2.47. The zero-order valence-electron chi connectivity index (χ0n) is 8.32. The first-order chi connectivity index (χ1) is 6.49. The Balaban J connectivity index is 2.57. The molecule has 80 valence electrons. The molecule has 0 unspecified atom stereocenters. The molecule has 1 aliphatic rings. The summed E-state index contributed by atoms with van der Waals surface area (Å²) in [5, 5.41) is 8.61. The zero-order chi connectivity index (χ0) is 10.8. The highest BCUT2D eigenvalue weighted by Gasteiger charge is 2.48. The molecule has 0 aromatic rings. The molecule has 5 heteroatoms. The Morgan fingerprint density at radius 2 is 2.07 bits per heavy atom. The monoisotopic (exact) mass is 200 g/mol. The van der Waals surface area contributed by atoms with Crippen molar-refractivity contribution in [2.45, 2.75) is 31.7 Å². The van der Waals surface area contributed by atoms with Crippen LogP contribution in [0.25, 0.3) is 0 Å². The van der Waals surface area contributed by atoms with E-state index < -0.39 is 11.5 Å². The largest absolute Gasteiger partial charge is 0.480 e. The second-order valence-electron chi connectivity index (χ2n) is 3.78. The van der Waals surface area contributed by atoms with Crippen molar-refractivity contribution in [3.05, 3.63) is 0 Å². The van der Waals surface area contributed by atoms with Crippen LogP contribution in [0.3, 0.4) is 0 Å². The summed E-state index contributed by atoms with van der Waals surface area (Å²) in [6.07, 6.45) is 2.09. The van der Waals surface area contributed by atoms with Gasteiger partial charge in [-0.05, 0) is 19.3 Å².